The third-order valence-electron chi connectivity index (χ3n) is 4.29. The molecule has 0 aliphatic carbocycles. The summed E-state index contributed by atoms with van der Waals surface area (Å²) in [6, 6.07) is 14.2. The van der Waals surface area contributed by atoms with E-state index in [-0.39, 0.29) is 12.3 Å². The minimum atomic E-state index is -0.514. The van der Waals surface area contributed by atoms with E-state index in [0.29, 0.717) is 10.7 Å². The van der Waals surface area contributed by atoms with Gasteiger partial charge in [0.15, 0.2) is 0 Å². The van der Waals surface area contributed by atoms with E-state index in [1.807, 2.05) is 25.1 Å². The fourth-order valence-electron chi connectivity index (χ4n) is 2.86. The monoisotopic (exact) mass is 370 g/mol. The lowest BCUT2D eigenvalue weighted by Gasteiger charge is -2.18. The molecule has 0 spiro atoms. The van der Waals surface area contributed by atoms with E-state index in [2.05, 4.69) is 10.3 Å². The third-order valence-corrected chi connectivity index (χ3v) is 4.54. The highest BCUT2D eigenvalue weighted by Gasteiger charge is 2.21. The van der Waals surface area contributed by atoms with Crippen LogP contribution in [0.2, 0.25) is 5.02 Å². The Morgan fingerprint density at radius 1 is 1.19 bits per heavy atom. The van der Waals surface area contributed by atoms with Crippen molar-refractivity contribution < 1.29 is 14.3 Å². The van der Waals surface area contributed by atoms with Gasteiger partial charge in [-0.1, -0.05) is 41.9 Å². The summed E-state index contributed by atoms with van der Waals surface area (Å²) in [6.07, 6.45) is 0.0309. The molecule has 2 aromatic carbocycles. The van der Waals surface area contributed by atoms with E-state index in [1.54, 1.807) is 30.3 Å². The number of hydrogen-bond acceptors (Lipinski definition) is 3. The fourth-order valence-corrected chi connectivity index (χ4v) is 2.99. The number of esters is 1. The van der Waals surface area contributed by atoms with E-state index in [1.165, 1.54) is 7.11 Å². The highest BCUT2D eigenvalue weighted by molar-refractivity contribution is 6.30. The molecule has 0 bridgehead atoms. The molecule has 0 aliphatic heterocycles. The first kappa shape index (κ1) is 18.0. The summed E-state index contributed by atoms with van der Waals surface area (Å²) in [6.45, 7) is 1.98. The number of methoxy groups -OCH3 is 1. The zero-order valence-corrected chi connectivity index (χ0v) is 15.3. The summed E-state index contributed by atoms with van der Waals surface area (Å²) in [7, 11) is 1.32. The van der Waals surface area contributed by atoms with Gasteiger partial charge in [-0.15, -0.1) is 0 Å². The van der Waals surface area contributed by atoms with Crippen LogP contribution in [0.15, 0.2) is 48.5 Å². The molecule has 1 atom stereocenters. The Bertz CT molecular complexity index is 947. The number of aryl methyl sites for hydroxylation is 1. The van der Waals surface area contributed by atoms with Crippen molar-refractivity contribution in [1.82, 2.24) is 10.3 Å². The molecular formula is C20H19ClN2O3. The van der Waals surface area contributed by atoms with Gasteiger partial charge >= 0.3 is 5.97 Å². The number of para-hydroxylation sites is 1. The van der Waals surface area contributed by atoms with E-state index in [0.717, 1.165) is 22.0 Å². The van der Waals surface area contributed by atoms with Crippen LogP contribution in [0, 0.1) is 6.92 Å². The standard InChI is InChI=1S/C20H19ClN2O3/c1-12-4-3-5-14-10-17(22-19(12)14)20(25)23-16(11-18(24)26-2)13-6-8-15(21)9-7-13/h3-10,16,22H,11H2,1-2H3,(H,23,25). The van der Waals surface area contributed by atoms with Crippen molar-refractivity contribution in [3.05, 3.63) is 70.4 Å². The first-order valence-corrected chi connectivity index (χ1v) is 8.57. The topological polar surface area (TPSA) is 71.2 Å². The quantitative estimate of drug-likeness (QED) is 0.662. The van der Waals surface area contributed by atoms with Crippen molar-refractivity contribution in [3.8, 4) is 0 Å². The van der Waals surface area contributed by atoms with Gasteiger partial charge in [-0.2, -0.15) is 0 Å². The first-order chi connectivity index (χ1) is 12.5. The van der Waals surface area contributed by atoms with Gasteiger partial charge in [-0.05, 0) is 36.2 Å². The minimum absolute atomic E-state index is 0.0309. The Labute approximate surface area is 156 Å². The molecule has 3 aromatic rings. The van der Waals surface area contributed by atoms with Crippen molar-refractivity contribution in [2.24, 2.45) is 0 Å². The van der Waals surface area contributed by atoms with Crippen molar-refractivity contribution in [2.75, 3.05) is 7.11 Å². The maximum Gasteiger partial charge on any atom is 0.307 e. The average molecular weight is 371 g/mol. The molecule has 0 aliphatic rings. The lowest BCUT2D eigenvalue weighted by Crippen LogP contribution is -2.30. The second-order valence-corrected chi connectivity index (χ2v) is 6.52. The Morgan fingerprint density at radius 2 is 1.92 bits per heavy atom. The van der Waals surface area contributed by atoms with E-state index in [4.69, 9.17) is 16.3 Å². The van der Waals surface area contributed by atoms with Crippen molar-refractivity contribution >= 4 is 34.4 Å². The molecule has 5 nitrogen and oxygen atoms in total. The van der Waals surface area contributed by atoms with Gasteiger partial charge in [-0.3, -0.25) is 9.59 Å². The van der Waals surface area contributed by atoms with Crippen LogP contribution in [0.5, 0.6) is 0 Å². The number of amides is 1. The summed E-state index contributed by atoms with van der Waals surface area (Å²) < 4.78 is 4.75. The lowest BCUT2D eigenvalue weighted by atomic mass is 10.0. The second-order valence-electron chi connectivity index (χ2n) is 6.08. The number of carbonyl (C=O) groups excluding carboxylic acids is 2. The van der Waals surface area contributed by atoms with Crippen LogP contribution in [0.1, 0.15) is 34.1 Å². The van der Waals surface area contributed by atoms with Crippen LogP contribution in [-0.2, 0) is 9.53 Å². The maximum atomic E-state index is 12.7. The van der Waals surface area contributed by atoms with Crippen LogP contribution in [0.3, 0.4) is 0 Å². The number of rotatable bonds is 5. The van der Waals surface area contributed by atoms with E-state index < -0.39 is 12.0 Å². The molecule has 0 saturated heterocycles. The SMILES string of the molecule is COC(=O)CC(NC(=O)c1cc2cccc(C)c2[nH]1)c1ccc(Cl)cc1. The maximum absolute atomic E-state index is 12.7. The molecular weight excluding hydrogens is 352 g/mol. The summed E-state index contributed by atoms with van der Waals surface area (Å²) >= 11 is 5.93. The summed E-state index contributed by atoms with van der Waals surface area (Å²) in [5.41, 5.74) is 3.21. The molecule has 26 heavy (non-hydrogen) atoms. The molecule has 134 valence electrons. The van der Waals surface area contributed by atoms with Gasteiger partial charge in [0.2, 0.25) is 0 Å². The molecule has 1 heterocycles. The zero-order valence-electron chi connectivity index (χ0n) is 14.5. The molecule has 0 radical (unpaired) electrons. The Kier molecular flexibility index (Phi) is 5.28. The molecule has 1 amide bonds. The van der Waals surface area contributed by atoms with E-state index in [9.17, 15) is 9.59 Å². The smallest absolute Gasteiger partial charge is 0.307 e. The fraction of sp³-hybridized carbons (Fsp3) is 0.200. The minimum Gasteiger partial charge on any atom is -0.469 e. The summed E-state index contributed by atoms with van der Waals surface area (Å²) in [5, 5.41) is 4.45. The van der Waals surface area contributed by atoms with Gasteiger partial charge in [0.05, 0.1) is 19.6 Å². The van der Waals surface area contributed by atoms with Gasteiger partial charge in [0.1, 0.15) is 5.69 Å². The number of H-pyrrole nitrogens is 1. The molecule has 3 rings (SSSR count). The van der Waals surface area contributed by atoms with Crippen molar-refractivity contribution in [2.45, 2.75) is 19.4 Å². The number of nitrogens with one attached hydrogen (secondary N) is 2. The predicted octanol–water partition coefficient (Wildman–Crippen LogP) is 4.16. The lowest BCUT2D eigenvalue weighted by molar-refractivity contribution is -0.141. The number of ether oxygens (including phenoxy) is 1. The Balaban J connectivity index is 1.86. The number of carbonyl (C=O) groups is 2. The first-order valence-electron chi connectivity index (χ1n) is 8.19. The number of aromatic nitrogens is 1. The van der Waals surface area contributed by atoms with Gasteiger partial charge in [0.25, 0.3) is 5.91 Å². The molecule has 1 aromatic heterocycles. The molecule has 1 unspecified atom stereocenters. The van der Waals surface area contributed by atoms with Crippen LogP contribution in [-0.4, -0.2) is 24.0 Å². The molecule has 6 heteroatoms. The van der Waals surface area contributed by atoms with Gasteiger partial charge < -0.3 is 15.0 Å². The number of benzene rings is 2. The van der Waals surface area contributed by atoms with Crippen LogP contribution in [0.4, 0.5) is 0 Å². The highest BCUT2D eigenvalue weighted by Crippen LogP contribution is 2.22. The van der Waals surface area contributed by atoms with Crippen LogP contribution in [0.25, 0.3) is 10.9 Å². The second kappa shape index (κ2) is 7.62. The van der Waals surface area contributed by atoms with E-state index >= 15 is 0 Å². The molecule has 2 N–H and O–H groups in total. The number of aromatic amines is 1. The largest absolute Gasteiger partial charge is 0.469 e. The normalized spacial score (nSPS) is 12.0. The van der Waals surface area contributed by atoms with Crippen molar-refractivity contribution in [3.63, 3.8) is 0 Å². The average Bonchev–Trinajstić information content (AvgIpc) is 3.07. The number of hydrogen-bond donors (Lipinski definition) is 2. The van der Waals surface area contributed by atoms with Crippen molar-refractivity contribution in [1.29, 1.82) is 0 Å². The zero-order chi connectivity index (χ0) is 18.7. The van der Waals surface area contributed by atoms with Gasteiger partial charge in [-0.25, -0.2) is 0 Å². The van der Waals surface area contributed by atoms with Crippen LogP contribution >= 0.6 is 11.6 Å². The third kappa shape index (κ3) is 3.89. The summed E-state index contributed by atoms with van der Waals surface area (Å²) in [5.74, 6) is -0.692. The molecule has 0 fully saturated rings. The number of fused-ring (bicyclic) bond motifs is 1. The Hall–Kier alpha value is -2.79. The Morgan fingerprint density at radius 3 is 2.58 bits per heavy atom. The van der Waals surface area contributed by atoms with Crippen LogP contribution < -0.4 is 5.32 Å². The highest BCUT2D eigenvalue weighted by atomic mass is 35.5. The molecule has 0 saturated carbocycles. The van der Waals surface area contributed by atoms with Gasteiger partial charge in [0, 0.05) is 15.9 Å². The predicted molar refractivity (Wildman–Crippen MR) is 101 cm³/mol. The summed E-state index contributed by atoms with van der Waals surface area (Å²) in [4.78, 5) is 27.6. The number of halogens is 1.